The van der Waals surface area contributed by atoms with Crippen LogP contribution in [0.4, 0.5) is 0 Å². The van der Waals surface area contributed by atoms with E-state index in [-0.39, 0.29) is 13.2 Å². The summed E-state index contributed by atoms with van der Waals surface area (Å²) in [5.74, 6) is 1.26. The van der Waals surface area contributed by atoms with Crippen molar-refractivity contribution in [3.8, 4) is 11.6 Å². The number of rotatable bonds is 4. The first-order valence-corrected chi connectivity index (χ1v) is 6.09. The van der Waals surface area contributed by atoms with Gasteiger partial charge in [-0.1, -0.05) is 6.07 Å². The van der Waals surface area contributed by atoms with Gasteiger partial charge in [-0.2, -0.15) is 10.2 Å². The summed E-state index contributed by atoms with van der Waals surface area (Å²) in [6, 6.07) is 8.93. The van der Waals surface area contributed by atoms with E-state index >= 15 is 0 Å². The predicted octanol–water partition coefficient (Wildman–Crippen LogP) is 0.438. The molecule has 7 nitrogen and oxygen atoms in total. The Morgan fingerprint density at radius 1 is 0.800 bits per heavy atom. The normalized spacial score (nSPS) is 10.9. The van der Waals surface area contributed by atoms with Crippen LogP contribution < -0.4 is 0 Å². The number of hydrogen-bond donors (Lipinski definition) is 2. The van der Waals surface area contributed by atoms with E-state index in [4.69, 9.17) is 10.2 Å². The van der Waals surface area contributed by atoms with E-state index in [2.05, 4.69) is 15.2 Å². The van der Waals surface area contributed by atoms with Crippen molar-refractivity contribution in [3.63, 3.8) is 0 Å². The number of aromatic nitrogens is 5. The van der Waals surface area contributed by atoms with Gasteiger partial charge in [0.1, 0.15) is 0 Å². The zero-order chi connectivity index (χ0) is 13.9. The minimum Gasteiger partial charge on any atom is -0.390 e. The van der Waals surface area contributed by atoms with Crippen LogP contribution in [0.1, 0.15) is 11.4 Å². The predicted molar refractivity (Wildman–Crippen MR) is 70.3 cm³/mol. The zero-order valence-corrected chi connectivity index (χ0v) is 10.6. The average molecular weight is 271 g/mol. The van der Waals surface area contributed by atoms with Crippen LogP contribution in [-0.2, 0) is 13.2 Å². The van der Waals surface area contributed by atoms with Crippen LogP contribution in [0.15, 0.2) is 42.7 Å². The molecule has 3 rings (SSSR count). The lowest BCUT2D eigenvalue weighted by atomic mass is 10.4. The van der Waals surface area contributed by atoms with Gasteiger partial charge in [-0.15, -0.1) is 0 Å². The van der Waals surface area contributed by atoms with Gasteiger partial charge >= 0.3 is 0 Å². The molecule has 3 aromatic heterocycles. The summed E-state index contributed by atoms with van der Waals surface area (Å²) in [6.45, 7) is -0.211. The molecule has 20 heavy (non-hydrogen) atoms. The van der Waals surface area contributed by atoms with Gasteiger partial charge in [0.15, 0.2) is 11.6 Å². The van der Waals surface area contributed by atoms with Crippen molar-refractivity contribution in [2.45, 2.75) is 13.2 Å². The monoisotopic (exact) mass is 271 g/mol. The van der Waals surface area contributed by atoms with Crippen LogP contribution in [0.2, 0.25) is 0 Å². The maximum atomic E-state index is 9.03. The maximum absolute atomic E-state index is 9.03. The molecule has 0 atom stereocenters. The Labute approximate surface area is 114 Å². The Bertz CT molecular complexity index is 661. The Morgan fingerprint density at radius 3 is 1.70 bits per heavy atom. The summed E-state index contributed by atoms with van der Waals surface area (Å²) >= 11 is 0. The van der Waals surface area contributed by atoms with Crippen molar-refractivity contribution in [1.29, 1.82) is 0 Å². The smallest absolute Gasteiger partial charge is 0.155 e. The number of hydrogen-bond acceptors (Lipinski definition) is 5. The molecule has 102 valence electrons. The third-order valence-electron chi connectivity index (χ3n) is 2.80. The van der Waals surface area contributed by atoms with E-state index in [9.17, 15) is 0 Å². The van der Waals surface area contributed by atoms with Gasteiger partial charge in [0, 0.05) is 12.4 Å². The minimum absolute atomic E-state index is 0.105. The summed E-state index contributed by atoms with van der Waals surface area (Å²) < 4.78 is 3.18. The molecule has 0 aliphatic rings. The molecule has 0 spiro atoms. The fourth-order valence-corrected chi connectivity index (χ4v) is 1.81. The molecule has 0 fully saturated rings. The summed E-state index contributed by atoms with van der Waals surface area (Å²) in [4.78, 5) is 4.45. The highest BCUT2D eigenvalue weighted by Crippen LogP contribution is 2.10. The first-order chi connectivity index (χ1) is 9.80. The highest BCUT2D eigenvalue weighted by atomic mass is 16.3. The third kappa shape index (κ3) is 2.31. The van der Waals surface area contributed by atoms with Crippen LogP contribution in [0.25, 0.3) is 11.6 Å². The first-order valence-electron chi connectivity index (χ1n) is 6.09. The Balaban J connectivity index is 1.96. The molecule has 0 radical (unpaired) electrons. The molecule has 0 saturated carbocycles. The van der Waals surface area contributed by atoms with Crippen molar-refractivity contribution < 1.29 is 10.2 Å². The molecule has 0 bridgehead atoms. The van der Waals surface area contributed by atoms with Gasteiger partial charge in [0.05, 0.1) is 24.6 Å². The van der Waals surface area contributed by atoms with Gasteiger partial charge < -0.3 is 10.2 Å². The molecule has 0 amide bonds. The van der Waals surface area contributed by atoms with E-state index in [1.165, 1.54) is 0 Å². The van der Waals surface area contributed by atoms with Gasteiger partial charge in [0.2, 0.25) is 0 Å². The highest BCUT2D eigenvalue weighted by Gasteiger charge is 2.05. The Morgan fingerprint density at radius 2 is 1.30 bits per heavy atom. The van der Waals surface area contributed by atoms with Crippen LogP contribution in [0.5, 0.6) is 0 Å². The molecule has 0 unspecified atom stereocenters. The zero-order valence-electron chi connectivity index (χ0n) is 10.6. The molecule has 0 aliphatic heterocycles. The second kappa shape index (κ2) is 5.24. The van der Waals surface area contributed by atoms with Crippen LogP contribution in [-0.4, -0.2) is 34.8 Å². The summed E-state index contributed by atoms with van der Waals surface area (Å²) in [5.41, 5.74) is 1.16. The molecule has 0 saturated heterocycles. The van der Waals surface area contributed by atoms with Crippen molar-refractivity contribution in [2.24, 2.45) is 0 Å². The SMILES string of the molecule is OCc1ccn(-c2cccc(-n3ccc(CO)n3)n2)n1. The summed E-state index contributed by atoms with van der Waals surface area (Å²) in [7, 11) is 0. The molecule has 0 aliphatic carbocycles. The molecular formula is C13H13N5O2. The average Bonchev–Trinajstić information content (AvgIpc) is 3.16. The van der Waals surface area contributed by atoms with E-state index in [0.717, 1.165) is 0 Å². The van der Waals surface area contributed by atoms with Crippen molar-refractivity contribution in [2.75, 3.05) is 0 Å². The van der Waals surface area contributed by atoms with Gasteiger partial charge in [0.25, 0.3) is 0 Å². The van der Waals surface area contributed by atoms with Crippen molar-refractivity contribution in [3.05, 3.63) is 54.1 Å². The number of pyridine rings is 1. The first kappa shape index (κ1) is 12.5. The Kier molecular flexibility index (Phi) is 3.28. The lowest BCUT2D eigenvalue weighted by molar-refractivity contribution is 0.276. The molecule has 3 heterocycles. The van der Waals surface area contributed by atoms with E-state index in [1.807, 2.05) is 18.2 Å². The van der Waals surface area contributed by atoms with Crippen LogP contribution >= 0.6 is 0 Å². The van der Waals surface area contributed by atoms with E-state index < -0.39 is 0 Å². The largest absolute Gasteiger partial charge is 0.390 e. The summed E-state index contributed by atoms with van der Waals surface area (Å²) in [5, 5.41) is 26.4. The standard InChI is InChI=1S/C13H13N5O2/c19-8-10-4-6-17(15-10)12-2-1-3-13(14-12)18-7-5-11(9-20)16-18/h1-7,19-20H,8-9H2. The highest BCUT2D eigenvalue weighted by molar-refractivity contribution is 5.31. The fraction of sp³-hybridized carbons (Fsp3) is 0.154. The van der Waals surface area contributed by atoms with Crippen molar-refractivity contribution >= 4 is 0 Å². The quantitative estimate of drug-likeness (QED) is 0.718. The molecule has 2 N–H and O–H groups in total. The third-order valence-corrected chi connectivity index (χ3v) is 2.80. The number of nitrogens with zero attached hydrogens (tertiary/aromatic N) is 5. The lowest BCUT2D eigenvalue weighted by Crippen LogP contribution is -2.04. The van der Waals surface area contributed by atoms with Gasteiger partial charge in [-0.25, -0.2) is 14.3 Å². The Hall–Kier alpha value is -2.51. The minimum atomic E-state index is -0.105. The maximum Gasteiger partial charge on any atom is 0.155 e. The van der Waals surface area contributed by atoms with Crippen molar-refractivity contribution in [1.82, 2.24) is 24.5 Å². The molecule has 3 aromatic rings. The lowest BCUT2D eigenvalue weighted by Gasteiger charge is -2.04. The number of aliphatic hydroxyl groups is 2. The molecular weight excluding hydrogens is 258 g/mol. The fourth-order valence-electron chi connectivity index (χ4n) is 1.81. The molecule has 0 aromatic carbocycles. The van der Waals surface area contributed by atoms with Crippen LogP contribution in [0.3, 0.4) is 0 Å². The van der Waals surface area contributed by atoms with E-state index in [0.29, 0.717) is 23.0 Å². The topological polar surface area (TPSA) is 89.0 Å². The second-order valence-electron chi connectivity index (χ2n) is 4.17. The second-order valence-corrected chi connectivity index (χ2v) is 4.17. The van der Waals surface area contributed by atoms with Gasteiger partial charge in [-0.05, 0) is 24.3 Å². The number of aliphatic hydroxyl groups excluding tert-OH is 2. The van der Waals surface area contributed by atoms with E-state index in [1.54, 1.807) is 33.9 Å². The van der Waals surface area contributed by atoms with Gasteiger partial charge in [-0.3, -0.25) is 0 Å². The molecule has 7 heteroatoms. The van der Waals surface area contributed by atoms with Crippen LogP contribution in [0, 0.1) is 0 Å². The summed E-state index contributed by atoms with van der Waals surface area (Å²) in [6.07, 6.45) is 3.47.